The highest BCUT2D eigenvalue weighted by Crippen LogP contribution is 2.50. The summed E-state index contributed by atoms with van der Waals surface area (Å²) in [6.45, 7) is 5.26. The monoisotopic (exact) mass is 409 g/mol. The predicted octanol–water partition coefficient (Wildman–Crippen LogP) is 3.88. The molecular formula is C18H20BrNO5. The minimum Gasteiger partial charge on any atom is -0.443 e. The van der Waals surface area contributed by atoms with Crippen LogP contribution in [0.4, 0.5) is 10.5 Å². The number of hydrogen-bond acceptors (Lipinski definition) is 5. The van der Waals surface area contributed by atoms with E-state index < -0.39 is 29.5 Å². The van der Waals surface area contributed by atoms with Gasteiger partial charge in [-0.3, -0.25) is 4.79 Å². The van der Waals surface area contributed by atoms with Crippen LogP contribution in [0, 0.1) is 0 Å². The lowest BCUT2D eigenvalue weighted by Gasteiger charge is -2.34. The van der Waals surface area contributed by atoms with Crippen LogP contribution in [0.5, 0.6) is 0 Å². The molecule has 6 nitrogen and oxygen atoms in total. The molecule has 3 rings (SSSR count). The van der Waals surface area contributed by atoms with Crippen molar-refractivity contribution in [2.45, 2.75) is 44.7 Å². The summed E-state index contributed by atoms with van der Waals surface area (Å²) < 4.78 is 17.3. The van der Waals surface area contributed by atoms with Crippen molar-refractivity contribution < 1.29 is 23.8 Å². The van der Waals surface area contributed by atoms with Crippen LogP contribution in [-0.2, 0) is 24.6 Å². The van der Waals surface area contributed by atoms with Gasteiger partial charge in [-0.25, -0.2) is 9.69 Å². The Morgan fingerprint density at radius 1 is 1.40 bits per heavy atom. The van der Waals surface area contributed by atoms with E-state index in [4.69, 9.17) is 14.2 Å². The molecule has 1 unspecified atom stereocenters. The quantitative estimate of drug-likeness (QED) is 0.658. The second-order valence-corrected chi connectivity index (χ2v) is 7.79. The summed E-state index contributed by atoms with van der Waals surface area (Å²) in [5, 5.41) is 0. The molecule has 0 radical (unpaired) electrons. The van der Waals surface area contributed by atoms with E-state index in [2.05, 4.69) is 15.9 Å². The van der Waals surface area contributed by atoms with Crippen LogP contribution in [0.3, 0.4) is 0 Å². The third kappa shape index (κ3) is 3.01. The summed E-state index contributed by atoms with van der Waals surface area (Å²) >= 11 is 3.49. The smallest absolute Gasteiger partial charge is 0.421 e. The second-order valence-electron chi connectivity index (χ2n) is 6.94. The van der Waals surface area contributed by atoms with E-state index in [1.165, 1.54) is 7.11 Å². The Labute approximate surface area is 154 Å². The van der Waals surface area contributed by atoms with Crippen LogP contribution in [0.2, 0.25) is 0 Å². The summed E-state index contributed by atoms with van der Waals surface area (Å²) in [6, 6.07) is 5.29. The fourth-order valence-corrected chi connectivity index (χ4v) is 3.72. The fourth-order valence-electron chi connectivity index (χ4n) is 3.04. The summed E-state index contributed by atoms with van der Waals surface area (Å²) in [4.78, 5) is 27.0. The van der Waals surface area contributed by atoms with Gasteiger partial charge in [0.05, 0.1) is 5.69 Å². The molecule has 7 heteroatoms. The highest BCUT2D eigenvalue weighted by molar-refractivity contribution is 9.10. The zero-order chi connectivity index (χ0) is 18.4. The van der Waals surface area contributed by atoms with E-state index >= 15 is 0 Å². The first kappa shape index (κ1) is 18.1. The Hall–Kier alpha value is -1.70. The molecule has 1 aromatic carbocycles. The van der Waals surface area contributed by atoms with E-state index in [0.717, 1.165) is 4.90 Å². The average molecular weight is 410 g/mol. The molecule has 0 N–H and O–H groups in total. The first-order chi connectivity index (χ1) is 11.7. The van der Waals surface area contributed by atoms with Gasteiger partial charge in [0.1, 0.15) is 5.60 Å². The molecule has 2 heterocycles. The lowest BCUT2D eigenvalue weighted by Crippen LogP contribution is -2.48. The van der Waals surface area contributed by atoms with Crippen molar-refractivity contribution in [3.8, 4) is 0 Å². The van der Waals surface area contributed by atoms with Crippen molar-refractivity contribution in [3.63, 3.8) is 0 Å². The van der Waals surface area contributed by atoms with E-state index in [9.17, 15) is 9.59 Å². The first-order valence-corrected chi connectivity index (χ1v) is 8.73. The van der Waals surface area contributed by atoms with Gasteiger partial charge in [0.15, 0.2) is 11.9 Å². The number of benzene rings is 1. The molecule has 0 saturated heterocycles. The molecular weight excluding hydrogens is 390 g/mol. The SMILES string of the molecule is COC1C=CC[C@]2(O1)C(=O)N(C(=O)OC(C)(C)C)c1cccc(Br)c12. The number of amides is 2. The Kier molecular flexibility index (Phi) is 4.51. The Bertz CT molecular complexity index is 754. The minimum atomic E-state index is -1.32. The van der Waals surface area contributed by atoms with Crippen LogP contribution < -0.4 is 4.90 Å². The standard InChI is InChI=1S/C18H20BrNO5/c1-17(2,3)25-16(22)20-12-8-5-7-11(19)14(12)18(15(20)21)10-6-9-13(23-4)24-18/h5-9,13H,10H2,1-4H3/t13?,18-/m1/s1. The van der Waals surface area contributed by atoms with Gasteiger partial charge in [-0.1, -0.05) is 28.1 Å². The van der Waals surface area contributed by atoms with Crippen LogP contribution >= 0.6 is 15.9 Å². The molecule has 0 aliphatic carbocycles. The van der Waals surface area contributed by atoms with Gasteiger partial charge in [-0.15, -0.1) is 0 Å². The van der Waals surface area contributed by atoms with Crippen LogP contribution in [0.15, 0.2) is 34.8 Å². The maximum atomic E-state index is 13.3. The van der Waals surface area contributed by atoms with Gasteiger partial charge in [0.25, 0.3) is 5.91 Å². The number of halogens is 1. The second kappa shape index (κ2) is 6.23. The first-order valence-electron chi connectivity index (χ1n) is 7.93. The number of rotatable bonds is 1. The lowest BCUT2D eigenvalue weighted by atomic mass is 9.90. The Balaban J connectivity index is 2.11. The molecule has 0 bridgehead atoms. The summed E-state index contributed by atoms with van der Waals surface area (Å²) in [7, 11) is 1.50. The maximum absolute atomic E-state index is 13.3. The van der Waals surface area contributed by atoms with Crippen molar-refractivity contribution in [1.29, 1.82) is 0 Å². The topological polar surface area (TPSA) is 65.1 Å². The van der Waals surface area contributed by atoms with Gasteiger partial charge < -0.3 is 14.2 Å². The Morgan fingerprint density at radius 3 is 2.76 bits per heavy atom. The van der Waals surface area contributed by atoms with E-state index in [0.29, 0.717) is 22.1 Å². The van der Waals surface area contributed by atoms with Crippen molar-refractivity contribution in [2.24, 2.45) is 0 Å². The molecule has 1 spiro atoms. The molecule has 0 fully saturated rings. The van der Waals surface area contributed by atoms with Gasteiger partial charge in [-0.05, 0) is 39.0 Å². The Morgan fingerprint density at radius 2 is 2.12 bits per heavy atom. The average Bonchev–Trinajstić information content (AvgIpc) is 2.76. The maximum Gasteiger partial charge on any atom is 0.421 e. The number of imide groups is 1. The molecule has 2 aliphatic heterocycles. The third-order valence-electron chi connectivity index (χ3n) is 4.01. The lowest BCUT2D eigenvalue weighted by molar-refractivity contribution is -0.190. The van der Waals surface area contributed by atoms with Crippen LogP contribution in [0.1, 0.15) is 32.8 Å². The number of nitrogens with zero attached hydrogens (tertiary/aromatic N) is 1. The van der Waals surface area contributed by atoms with Crippen molar-refractivity contribution in [3.05, 3.63) is 40.4 Å². The molecule has 2 amide bonds. The van der Waals surface area contributed by atoms with Crippen LogP contribution in [0.25, 0.3) is 0 Å². The fraction of sp³-hybridized carbons (Fsp3) is 0.444. The zero-order valence-electron chi connectivity index (χ0n) is 14.5. The van der Waals surface area contributed by atoms with Crippen LogP contribution in [-0.4, -0.2) is 31.0 Å². The summed E-state index contributed by atoms with van der Waals surface area (Å²) in [6.07, 6.45) is 2.49. The van der Waals surface area contributed by atoms with E-state index in [1.807, 2.05) is 12.1 Å². The molecule has 2 aliphatic rings. The van der Waals surface area contributed by atoms with E-state index in [1.54, 1.807) is 39.0 Å². The van der Waals surface area contributed by atoms with Gasteiger partial charge in [0.2, 0.25) is 0 Å². The number of ether oxygens (including phenoxy) is 3. The zero-order valence-corrected chi connectivity index (χ0v) is 16.1. The van der Waals surface area contributed by atoms with E-state index in [-0.39, 0.29) is 0 Å². The van der Waals surface area contributed by atoms with Crippen molar-refractivity contribution in [2.75, 3.05) is 12.0 Å². The predicted molar refractivity (Wildman–Crippen MR) is 95.2 cm³/mol. The highest BCUT2D eigenvalue weighted by Gasteiger charge is 2.57. The number of anilines is 1. The highest BCUT2D eigenvalue weighted by atomic mass is 79.9. The third-order valence-corrected chi connectivity index (χ3v) is 4.67. The normalized spacial score (nSPS) is 25.4. The minimum absolute atomic E-state index is 0.306. The number of carbonyl (C=O) groups excluding carboxylic acids is 2. The molecule has 134 valence electrons. The van der Waals surface area contributed by atoms with Crippen molar-refractivity contribution in [1.82, 2.24) is 0 Å². The van der Waals surface area contributed by atoms with Gasteiger partial charge in [-0.2, -0.15) is 0 Å². The summed E-state index contributed by atoms with van der Waals surface area (Å²) in [5.41, 5.74) is -0.972. The molecule has 2 atom stereocenters. The molecule has 0 aromatic heterocycles. The summed E-state index contributed by atoms with van der Waals surface area (Å²) in [5.74, 6) is -0.477. The molecule has 25 heavy (non-hydrogen) atoms. The van der Waals surface area contributed by atoms with Crippen molar-refractivity contribution >= 4 is 33.6 Å². The number of methoxy groups -OCH3 is 1. The van der Waals surface area contributed by atoms with Gasteiger partial charge in [0, 0.05) is 23.6 Å². The molecule has 1 aromatic rings. The molecule has 0 saturated carbocycles. The number of hydrogen-bond donors (Lipinski definition) is 0. The number of fused-ring (bicyclic) bond motifs is 2. The largest absolute Gasteiger partial charge is 0.443 e. The van der Waals surface area contributed by atoms with Gasteiger partial charge >= 0.3 is 6.09 Å². The number of carbonyl (C=O) groups is 2.